The van der Waals surface area contributed by atoms with E-state index < -0.39 is 5.69 Å². The molecule has 3 aromatic rings. The van der Waals surface area contributed by atoms with Gasteiger partial charge in [-0.25, -0.2) is 14.2 Å². The highest BCUT2D eigenvalue weighted by Crippen LogP contribution is 2.23. The molecule has 3 N–H and O–H groups in total. The predicted octanol–water partition coefficient (Wildman–Crippen LogP) is 2.60. The minimum Gasteiger partial charge on any atom is -0.329 e. The molecule has 1 atom stereocenters. The molecule has 9 heteroatoms. The number of nitrogens with one attached hydrogen (secondary N) is 1. The lowest BCUT2D eigenvalue weighted by Gasteiger charge is -2.41. The lowest BCUT2D eigenvalue weighted by molar-refractivity contribution is 0.0606. The van der Waals surface area contributed by atoms with Crippen molar-refractivity contribution in [2.45, 2.75) is 32.9 Å². The van der Waals surface area contributed by atoms with Crippen LogP contribution in [0.3, 0.4) is 0 Å². The summed E-state index contributed by atoms with van der Waals surface area (Å²) >= 11 is 0. The Morgan fingerprint density at radius 1 is 1.12 bits per heavy atom. The van der Waals surface area contributed by atoms with Crippen molar-refractivity contribution in [3.05, 3.63) is 64.6 Å². The first kappa shape index (κ1) is 23.7. The van der Waals surface area contributed by atoms with Gasteiger partial charge in [0, 0.05) is 36.9 Å². The summed E-state index contributed by atoms with van der Waals surface area (Å²) in [7, 11) is 1.97. The van der Waals surface area contributed by atoms with E-state index in [9.17, 15) is 14.4 Å². The first-order valence-corrected chi connectivity index (χ1v) is 11.6. The SMILES string of the molecule is CC(C)[C@@H]1CCN(C)CN1C(=O)n1c(=O)n(CCN)c2cc(C(=O)Nc3ccccc3)ccc21. The second-order valence-electron chi connectivity index (χ2n) is 9.16. The number of carbonyl (C=O) groups excluding carboxylic acids is 2. The molecule has 1 aromatic heterocycles. The maximum absolute atomic E-state index is 13.7. The normalized spacial score (nSPS) is 16.9. The van der Waals surface area contributed by atoms with E-state index in [1.165, 1.54) is 9.13 Å². The second-order valence-corrected chi connectivity index (χ2v) is 9.16. The number of nitrogens with two attached hydrogens (primary N) is 1. The summed E-state index contributed by atoms with van der Waals surface area (Å²) in [5.74, 6) is -0.0320. The molecule has 34 heavy (non-hydrogen) atoms. The Morgan fingerprint density at radius 2 is 1.85 bits per heavy atom. The number of nitrogens with zero attached hydrogens (tertiary/aromatic N) is 4. The molecule has 2 heterocycles. The Balaban J connectivity index is 1.76. The molecule has 1 saturated heterocycles. The van der Waals surface area contributed by atoms with E-state index in [0.717, 1.165) is 13.0 Å². The molecular weight excluding hydrogens is 432 g/mol. The molecular formula is C25H32N6O3. The van der Waals surface area contributed by atoms with E-state index in [-0.39, 0.29) is 37.0 Å². The maximum Gasteiger partial charge on any atom is 0.337 e. The van der Waals surface area contributed by atoms with Crippen molar-refractivity contribution in [1.29, 1.82) is 0 Å². The van der Waals surface area contributed by atoms with Crippen LogP contribution in [0.5, 0.6) is 0 Å². The highest BCUT2D eigenvalue weighted by Gasteiger charge is 2.34. The molecule has 1 aliphatic rings. The summed E-state index contributed by atoms with van der Waals surface area (Å²) in [6.45, 7) is 6.01. The Morgan fingerprint density at radius 3 is 2.53 bits per heavy atom. The van der Waals surface area contributed by atoms with E-state index in [1.807, 2.05) is 25.2 Å². The van der Waals surface area contributed by atoms with E-state index in [2.05, 4.69) is 24.1 Å². The standard InChI is InChI=1S/C25H32N6O3/c1-17(2)20-11-13-28(3)16-30(20)25(34)31-21-10-9-18(15-22(21)29(14-12-26)24(31)33)23(32)27-19-7-5-4-6-8-19/h4-10,15,17,20H,11-14,16,26H2,1-3H3,(H,27,32)/t20-/m0/s1. The van der Waals surface area contributed by atoms with Gasteiger partial charge >= 0.3 is 11.7 Å². The van der Waals surface area contributed by atoms with Crippen LogP contribution < -0.4 is 16.7 Å². The molecule has 0 unspecified atom stereocenters. The quantitative estimate of drug-likeness (QED) is 0.604. The number of benzene rings is 2. The number of hydrogen-bond donors (Lipinski definition) is 2. The molecule has 0 bridgehead atoms. The number of aromatic nitrogens is 2. The smallest absolute Gasteiger partial charge is 0.329 e. The number of carbonyl (C=O) groups is 2. The van der Waals surface area contributed by atoms with Gasteiger partial charge in [-0.3, -0.25) is 14.3 Å². The molecule has 2 aromatic carbocycles. The van der Waals surface area contributed by atoms with Crippen molar-refractivity contribution < 1.29 is 9.59 Å². The van der Waals surface area contributed by atoms with Gasteiger partial charge in [0.05, 0.1) is 17.7 Å². The predicted molar refractivity (Wildman–Crippen MR) is 133 cm³/mol. The molecule has 0 saturated carbocycles. The number of imidazole rings is 1. The van der Waals surface area contributed by atoms with E-state index in [0.29, 0.717) is 29.0 Å². The average Bonchev–Trinajstić information content (AvgIpc) is 3.10. The van der Waals surface area contributed by atoms with Crippen LogP contribution in [0.15, 0.2) is 53.3 Å². The van der Waals surface area contributed by atoms with Crippen molar-refractivity contribution >= 4 is 28.7 Å². The van der Waals surface area contributed by atoms with Gasteiger partial charge in [-0.2, -0.15) is 0 Å². The summed E-state index contributed by atoms with van der Waals surface area (Å²) < 4.78 is 2.70. The van der Waals surface area contributed by atoms with Crippen LogP contribution in [0.25, 0.3) is 11.0 Å². The summed E-state index contributed by atoms with van der Waals surface area (Å²) in [5, 5.41) is 2.85. The van der Waals surface area contributed by atoms with E-state index in [1.54, 1.807) is 35.2 Å². The summed E-state index contributed by atoms with van der Waals surface area (Å²) in [6.07, 6.45) is 0.847. The zero-order chi connectivity index (χ0) is 24.4. The van der Waals surface area contributed by atoms with Crippen LogP contribution in [-0.4, -0.2) is 63.7 Å². The molecule has 2 amide bonds. The van der Waals surface area contributed by atoms with Crippen LogP contribution >= 0.6 is 0 Å². The fourth-order valence-electron chi connectivity index (χ4n) is 4.62. The van der Waals surface area contributed by atoms with Gasteiger partial charge in [0.25, 0.3) is 5.91 Å². The molecule has 9 nitrogen and oxygen atoms in total. The molecule has 1 aliphatic heterocycles. The lowest BCUT2D eigenvalue weighted by atomic mass is 9.98. The summed E-state index contributed by atoms with van der Waals surface area (Å²) in [4.78, 5) is 43.8. The highest BCUT2D eigenvalue weighted by atomic mass is 16.2. The fraction of sp³-hybridized carbons (Fsp3) is 0.400. The Labute approximate surface area is 198 Å². The molecule has 4 rings (SSSR count). The monoisotopic (exact) mass is 464 g/mol. The zero-order valence-electron chi connectivity index (χ0n) is 19.9. The fourth-order valence-corrected chi connectivity index (χ4v) is 4.62. The largest absolute Gasteiger partial charge is 0.337 e. The molecule has 1 fully saturated rings. The van der Waals surface area contributed by atoms with Gasteiger partial charge in [0.1, 0.15) is 0 Å². The lowest BCUT2D eigenvalue weighted by Crippen LogP contribution is -2.56. The third-order valence-electron chi connectivity index (χ3n) is 6.38. The molecule has 0 radical (unpaired) electrons. The minimum absolute atomic E-state index is 0.0411. The van der Waals surface area contributed by atoms with Crippen LogP contribution in [0, 0.1) is 5.92 Å². The minimum atomic E-state index is -0.443. The third-order valence-corrected chi connectivity index (χ3v) is 6.38. The first-order valence-electron chi connectivity index (χ1n) is 11.6. The van der Waals surface area contributed by atoms with Gasteiger partial charge in [-0.1, -0.05) is 32.0 Å². The number of rotatable bonds is 5. The second kappa shape index (κ2) is 9.82. The van der Waals surface area contributed by atoms with Crippen molar-refractivity contribution in [3.63, 3.8) is 0 Å². The number of fused-ring (bicyclic) bond motifs is 1. The third kappa shape index (κ3) is 4.49. The van der Waals surface area contributed by atoms with Crippen molar-refractivity contribution in [2.75, 3.05) is 32.1 Å². The average molecular weight is 465 g/mol. The van der Waals surface area contributed by atoms with Crippen molar-refractivity contribution in [2.24, 2.45) is 11.7 Å². The number of amides is 2. The van der Waals surface area contributed by atoms with E-state index in [4.69, 9.17) is 5.73 Å². The summed E-state index contributed by atoms with van der Waals surface area (Å²) in [5.41, 5.74) is 7.38. The zero-order valence-corrected chi connectivity index (χ0v) is 19.9. The van der Waals surface area contributed by atoms with Crippen LogP contribution in [0.4, 0.5) is 10.5 Å². The van der Waals surface area contributed by atoms with Gasteiger partial charge < -0.3 is 16.0 Å². The number of anilines is 1. The van der Waals surface area contributed by atoms with Crippen LogP contribution in [0.1, 0.15) is 30.6 Å². The van der Waals surface area contributed by atoms with Crippen LogP contribution in [0.2, 0.25) is 0 Å². The molecule has 0 spiro atoms. The van der Waals surface area contributed by atoms with Crippen LogP contribution in [-0.2, 0) is 6.54 Å². The van der Waals surface area contributed by atoms with Crippen molar-refractivity contribution in [1.82, 2.24) is 18.9 Å². The Bertz CT molecular complexity index is 1250. The Hall–Kier alpha value is -3.43. The van der Waals surface area contributed by atoms with Crippen molar-refractivity contribution in [3.8, 4) is 0 Å². The van der Waals surface area contributed by atoms with Gasteiger partial charge in [-0.05, 0) is 49.7 Å². The molecule has 180 valence electrons. The molecule has 0 aliphatic carbocycles. The summed E-state index contributed by atoms with van der Waals surface area (Å²) in [6, 6.07) is 13.8. The van der Waals surface area contributed by atoms with Gasteiger partial charge in [-0.15, -0.1) is 0 Å². The first-order chi connectivity index (χ1) is 16.3. The maximum atomic E-state index is 13.7. The number of para-hydroxylation sites is 1. The topological polar surface area (TPSA) is 106 Å². The van der Waals surface area contributed by atoms with E-state index >= 15 is 0 Å². The van der Waals surface area contributed by atoms with Gasteiger partial charge in [0.2, 0.25) is 0 Å². The highest BCUT2D eigenvalue weighted by molar-refractivity contribution is 6.06. The Kier molecular flexibility index (Phi) is 6.85. The number of hydrogen-bond acceptors (Lipinski definition) is 5. The van der Waals surface area contributed by atoms with Gasteiger partial charge in [0.15, 0.2) is 0 Å².